The zero-order valence-electron chi connectivity index (χ0n) is 20.1. The molecule has 0 aromatic heterocycles. The number of piperazine rings is 1. The molecular weight excluding hydrogens is 452 g/mol. The Bertz CT molecular complexity index is 1180. The highest BCUT2D eigenvalue weighted by atomic mass is 32.2. The topological polar surface area (TPSA) is 90.0 Å². The van der Waals surface area contributed by atoms with Crippen molar-refractivity contribution in [3.63, 3.8) is 0 Å². The first-order valence-corrected chi connectivity index (χ1v) is 13.0. The van der Waals surface area contributed by atoms with Crippen molar-refractivity contribution in [3.05, 3.63) is 54.1 Å². The Morgan fingerprint density at radius 2 is 1.59 bits per heavy atom. The molecule has 2 amide bonds. The van der Waals surface area contributed by atoms with Gasteiger partial charge in [-0.15, -0.1) is 0 Å². The van der Waals surface area contributed by atoms with Gasteiger partial charge >= 0.3 is 0 Å². The van der Waals surface area contributed by atoms with E-state index in [0.717, 1.165) is 5.56 Å². The average molecular weight is 485 g/mol. The zero-order chi connectivity index (χ0) is 24.7. The maximum Gasteiger partial charge on any atom is 0.244 e. The molecule has 4 rings (SSSR count). The van der Waals surface area contributed by atoms with Crippen LogP contribution >= 0.6 is 0 Å². The standard InChI is InChI=1S/C25H32N4O4S/c1-18(24(31)29-17-23(30)26-21-7-5-6-8-22(21)29)27-13-15-28(16-14-27)34(32,33)20-11-9-19(10-12-20)25(2,3)4/h5-12,18H,13-17H2,1-4H3,(H,26,30). The number of amides is 2. The highest BCUT2D eigenvalue weighted by molar-refractivity contribution is 7.89. The Morgan fingerprint density at radius 3 is 2.21 bits per heavy atom. The quantitative estimate of drug-likeness (QED) is 0.721. The van der Waals surface area contributed by atoms with Crippen LogP contribution in [-0.4, -0.2) is 68.2 Å². The predicted octanol–water partition coefficient (Wildman–Crippen LogP) is 2.66. The first kappa shape index (κ1) is 24.4. The van der Waals surface area contributed by atoms with Crippen LogP contribution < -0.4 is 10.2 Å². The second-order valence-electron chi connectivity index (χ2n) is 9.88. The largest absolute Gasteiger partial charge is 0.323 e. The van der Waals surface area contributed by atoms with Gasteiger partial charge in [-0.25, -0.2) is 8.42 Å². The van der Waals surface area contributed by atoms with Gasteiger partial charge in [0.25, 0.3) is 0 Å². The minimum atomic E-state index is -3.60. The molecule has 1 atom stereocenters. The average Bonchev–Trinajstić information content (AvgIpc) is 2.82. The van der Waals surface area contributed by atoms with Crippen molar-refractivity contribution in [2.75, 3.05) is 42.9 Å². The van der Waals surface area contributed by atoms with Crippen LogP contribution in [0.15, 0.2) is 53.4 Å². The van der Waals surface area contributed by atoms with Gasteiger partial charge < -0.3 is 5.32 Å². The number of carbonyl (C=O) groups excluding carboxylic acids is 2. The number of sulfonamides is 1. The number of rotatable bonds is 4. The van der Waals surface area contributed by atoms with Gasteiger partial charge in [0.1, 0.15) is 6.54 Å². The lowest BCUT2D eigenvalue weighted by molar-refractivity contribution is -0.125. The van der Waals surface area contributed by atoms with E-state index in [0.29, 0.717) is 37.6 Å². The molecule has 8 nitrogen and oxygen atoms in total. The Hall–Kier alpha value is -2.75. The lowest BCUT2D eigenvalue weighted by Gasteiger charge is -2.39. The Morgan fingerprint density at radius 1 is 0.971 bits per heavy atom. The van der Waals surface area contributed by atoms with Gasteiger partial charge in [-0.1, -0.05) is 45.0 Å². The summed E-state index contributed by atoms with van der Waals surface area (Å²) in [5.74, 6) is -0.399. The molecule has 182 valence electrons. The maximum absolute atomic E-state index is 13.3. The van der Waals surface area contributed by atoms with Crippen LogP contribution in [0.1, 0.15) is 33.3 Å². The summed E-state index contributed by atoms with van der Waals surface area (Å²) in [7, 11) is -3.60. The number of para-hydroxylation sites is 2. The van der Waals surface area contributed by atoms with Gasteiger partial charge in [0.15, 0.2) is 0 Å². The SMILES string of the molecule is CC(C(=O)N1CC(=O)Nc2ccccc21)N1CCN(S(=O)(=O)c2ccc(C(C)(C)C)cc2)CC1. The van der Waals surface area contributed by atoms with E-state index < -0.39 is 16.1 Å². The van der Waals surface area contributed by atoms with Crippen molar-refractivity contribution < 1.29 is 18.0 Å². The van der Waals surface area contributed by atoms with Crippen LogP contribution in [0.4, 0.5) is 11.4 Å². The number of carbonyl (C=O) groups is 2. The van der Waals surface area contributed by atoms with Crippen LogP contribution in [0.25, 0.3) is 0 Å². The molecule has 0 saturated carbocycles. The molecule has 2 aromatic carbocycles. The second kappa shape index (κ2) is 9.13. The van der Waals surface area contributed by atoms with Gasteiger partial charge in [-0.2, -0.15) is 4.31 Å². The minimum absolute atomic E-state index is 0.0287. The number of hydrogen-bond acceptors (Lipinski definition) is 5. The molecule has 0 spiro atoms. The van der Waals surface area contributed by atoms with E-state index >= 15 is 0 Å². The highest BCUT2D eigenvalue weighted by Gasteiger charge is 2.35. The highest BCUT2D eigenvalue weighted by Crippen LogP contribution is 2.30. The smallest absolute Gasteiger partial charge is 0.244 e. The molecule has 1 unspecified atom stereocenters. The Labute approximate surface area is 201 Å². The maximum atomic E-state index is 13.3. The van der Waals surface area contributed by atoms with Crippen molar-refractivity contribution in [1.82, 2.24) is 9.21 Å². The van der Waals surface area contributed by atoms with E-state index in [-0.39, 0.29) is 28.7 Å². The molecule has 0 bridgehead atoms. The first-order valence-electron chi connectivity index (χ1n) is 11.5. The normalized spacial score (nSPS) is 18.8. The molecule has 2 aliphatic heterocycles. The van der Waals surface area contributed by atoms with E-state index in [2.05, 4.69) is 26.1 Å². The van der Waals surface area contributed by atoms with Gasteiger partial charge in [0.2, 0.25) is 21.8 Å². The van der Waals surface area contributed by atoms with E-state index in [1.807, 2.05) is 42.2 Å². The summed E-state index contributed by atoms with van der Waals surface area (Å²) in [6.07, 6.45) is 0. The van der Waals surface area contributed by atoms with Crippen LogP contribution in [0.5, 0.6) is 0 Å². The summed E-state index contributed by atoms with van der Waals surface area (Å²) in [6, 6.07) is 13.8. The molecular formula is C25H32N4O4S. The summed E-state index contributed by atoms with van der Waals surface area (Å²) in [5.41, 5.74) is 2.33. The van der Waals surface area contributed by atoms with E-state index in [1.165, 1.54) is 9.21 Å². The first-order chi connectivity index (χ1) is 16.0. The van der Waals surface area contributed by atoms with E-state index in [9.17, 15) is 18.0 Å². The van der Waals surface area contributed by atoms with Crippen molar-refractivity contribution in [3.8, 4) is 0 Å². The predicted molar refractivity (Wildman–Crippen MR) is 132 cm³/mol. The lowest BCUT2D eigenvalue weighted by Crippen LogP contribution is -2.56. The molecule has 2 heterocycles. The Balaban J connectivity index is 1.42. The fourth-order valence-electron chi connectivity index (χ4n) is 4.42. The van der Waals surface area contributed by atoms with E-state index in [1.54, 1.807) is 18.2 Å². The second-order valence-corrected chi connectivity index (χ2v) is 11.8. The summed E-state index contributed by atoms with van der Waals surface area (Å²) in [4.78, 5) is 29.2. The molecule has 2 aromatic rings. The van der Waals surface area contributed by atoms with Crippen molar-refractivity contribution in [1.29, 1.82) is 0 Å². The molecule has 1 fully saturated rings. The van der Waals surface area contributed by atoms with Gasteiger partial charge in [0, 0.05) is 26.2 Å². The molecule has 2 aliphatic rings. The summed E-state index contributed by atoms with van der Waals surface area (Å²) >= 11 is 0. The number of fused-ring (bicyclic) bond motifs is 1. The van der Waals surface area contributed by atoms with Crippen LogP contribution in [0.2, 0.25) is 0 Å². The number of benzene rings is 2. The molecule has 9 heteroatoms. The monoisotopic (exact) mass is 484 g/mol. The zero-order valence-corrected chi connectivity index (χ0v) is 20.9. The molecule has 0 radical (unpaired) electrons. The fraction of sp³-hybridized carbons (Fsp3) is 0.440. The van der Waals surface area contributed by atoms with Crippen LogP contribution in [-0.2, 0) is 25.0 Å². The summed E-state index contributed by atoms with van der Waals surface area (Å²) in [5, 5.41) is 2.79. The third kappa shape index (κ3) is 4.73. The molecule has 34 heavy (non-hydrogen) atoms. The molecule has 0 aliphatic carbocycles. The fourth-order valence-corrected chi connectivity index (χ4v) is 5.84. The molecule has 1 saturated heterocycles. The van der Waals surface area contributed by atoms with Crippen molar-refractivity contribution in [2.45, 2.75) is 44.0 Å². The third-order valence-electron chi connectivity index (χ3n) is 6.57. The van der Waals surface area contributed by atoms with Gasteiger partial charge in [-0.3, -0.25) is 19.4 Å². The number of nitrogens with one attached hydrogen (secondary N) is 1. The Kier molecular flexibility index (Phi) is 6.54. The lowest BCUT2D eigenvalue weighted by atomic mass is 9.87. The summed E-state index contributed by atoms with van der Waals surface area (Å²) in [6.45, 7) is 9.54. The van der Waals surface area contributed by atoms with Crippen LogP contribution in [0.3, 0.4) is 0 Å². The number of anilines is 2. The minimum Gasteiger partial charge on any atom is -0.323 e. The van der Waals surface area contributed by atoms with Crippen LogP contribution in [0, 0.1) is 0 Å². The van der Waals surface area contributed by atoms with Gasteiger partial charge in [0.05, 0.1) is 22.3 Å². The van der Waals surface area contributed by atoms with Crippen molar-refractivity contribution in [2.24, 2.45) is 0 Å². The number of nitrogens with zero attached hydrogens (tertiary/aromatic N) is 3. The van der Waals surface area contributed by atoms with E-state index in [4.69, 9.17) is 0 Å². The van der Waals surface area contributed by atoms with Crippen molar-refractivity contribution >= 4 is 33.2 Å². The number of hydrogen-bond donors (Lipinski definition) is 1. The summed E-state index contributed by atoms with van der Waals surface area (Å²) < 4.78 is 27.8. The van der Waals surface area contributed by atoms with Gasteiger partial charge in [-0.05, 0) is 42.2 Å². The third-order valence-corrected chi connectivity index (χ3v) is 8.49. The molecule has 1 N–H and O–H groups in total.